The van der Waals surface area contributed by atoms with Gasteiger partial charge in [0, 0.05) is 0 Å². The average molecular weight is 481 g/mol. The van der Waals surface area contributed by atoms with Crippen molar-refractivity contribution in [3.63, 3.8) is 0 Å². The van der Waals surface area contributed by atoms with E-state index >= 15 is 0 Å². The summed E-state index contributed by atoms with van der Waals surface area (Å²) >= 11 is 0. The zero-order chi connectivity index (χ0) is 25.1. The van der Waals surface area contributed by atoms with Crippen molar-refractivity contribution in [2.24, 2.45) is 0 Å². The van der Waals surface area contributed by atoms with Crippen LogP contribution in [-0.4, -0.2) is 0 Å². The first kappa shape index (κ1) is 21.2. The van der Waals surface area contributed by atoms with Crippen LogP contribution in [0.2, 0.25) is 0 Å². The van der Waals surface area contributed by atoms with Crippen molar-refractivity contribution in [1.82, 2.24) is 0 Å². The summed E-state index contributed by atoms with van der Waals surface area (Å²) in [6.45, 7) is 0. The lowest BCUT2D eigenvalue weighted by atomic mass is 9.91. The smallest absolute Gasteiger partial charge is 0.00264 e. The molecule has 0 heteroatoms. The van der Waals surface area contributed by atoms with Gasteiger partial charge in [0.2, 0.25) is 0 Å². The van der Waals surface area contributed by atoms with E-state index in [1.165, 1.54) is 76.1 Å². The Kier molecular flexibility index (Phi) is 4.62. The summed E-state index contributed by atoms with van der Waals surface area (Å²) in [5.74, 6) is 0. The molecule has 0 aliphatic heterocycles. The molecule has 0 N–H and O–H groups in total. The van der Waals surface area contributed by atoms with Crippen LogP contribution in [0.25, 0.3) is 76.1 Å². The van der Waals surface area contributed by atoms with Crippen LogP contribution < -0.4 is 0 Å². The summed E-state index contributed by atoms with van der Waals surface area (Å²) in [5.41, 5.74) is 4.98. The van der Waals surface area contributed by atoms with Crippen LogP contribution >= 0.6 is 0 Å². The molecule has 176 valence electrons. The van der Waals surface area contributed by atoms with Crippen molar-refractivity contribution in [1.29, 1.82) is 0 Å². The van der Waals surface area contributed by atoms with E-state index in [4.69, 9.17) is 0 Å². The Bertz CT molecular complexity index is 2170. The Hall–Kier alpha value is -4.94. The van der Waals surface area contributed by atoms with Crippen LogP contribution in [0.3, 0.4) is 0 Å². The maximum Gasteiger partial charge on any atom is -0.00264 e. The van der Waals surface area contributed by atoms with Crippen molar-refractivity contribution < 1.29 is 0 Å². The van der Waals surface area contributed by atoms with Crippen molar-refractivity contribution in [2.75, 3.05) is 0 Å². The highest BCUT2D eigenvalue weighted by Gasteiger charge is 2.10. The minimum absolute atomic E-state index is 1.24. The molecule has 0 atom stereocenters. The third-order valence-corrected chi connectivity index (χ3v) is 8.00. The fourth-order valence-corrected chi connectivity index (χ4v) is 6.06. The third-order valence-electron chi connectivity index (χ3n) is 8.00. The summed E-state index contributed by atoms with van der Waals surface area (Å²) in [5, 5.41) is 12.9. The van der Waals surface area contributed by atoms with Gasteiger partial charge in [0.05, 0.1) is 0 Å². The molecule has 38 heavy (non-hydrogen) atoms. The van der Waals surface area contributed by atoms with E-state index < -0.39 is 0 Å². The van der Waals surface area contributed by atoms with E-state index in [2.05, 4.69) is 146 Å². The Morgan fingerprint density at radius 3 is 1.63 bits per heavy atom. The molecule has 0 radical (unpaired) electrons. The highest BCUT2D eigenvalue weighted by molar-refractivity contribution is 6.25. The predicted molar refractivity (Wildman–Crippen MR) is 165 cm³/mol. The minimum atomic E-state index is 1.24. The first-order chi connectivity index (χ1) is 18.8. The Morgan fingerprint density at radius 2 is 0.789 bits per heavy atom. The third kappa shape index (κ3) is 3.31. The molecule has 0 spiro atoms. The van der Waals surface area contributed by atoms with E-state index in [1.807, 2.05) is 0 Å². The van der Waals surface area contributed by atoms with E-state index in [9.17, 15) is 0 Å². The highest BCUT2D eigenvalue weighted by atomic mass is 14.1. The number of benzene rings is 8. The zero-order valence-electron chi connectivity index (χ0n) is 20.9. The standard InChI is InChI=1S/C38H24/c1-2-6-25(7-3-1)30-15-10-26-11-16-31(23-33(26)22-30)32-17-13-28-12-14-29-19-20-35-34-9-5-4-8-27(34)18-21-36(35)38(29)37(28)24-32/h1-24H. The molecule has 0 aliphatic carbocycles. The summed E-state index contributed by atoms with van der Waals surface area (Å²) in [6, 6.07) is 53.4. The first-order valence-electron chi connectivity index (χ1n) is 13.2. The second-order valence-electron chi connectivity index (χ2n) is 10.2. The topological polar surface area (TPSA) is 0 Å². The van der Waals surface area contributed by atoms with Gasteiger partial charge in [-0.05, 0) is 94.3 Å². The van der Waals surface area contributed by atoms with Gasteiger partial charge in [-0.2, -0.15) is 0 Å². The summed E-state index contributed by atoms with van der Waals surface area (Å²) in [6.07, 6.45) is 0. The van der Waals surface area contributed by atoms with Gasteiger partial charge >= 0.3 is 0 Å². The predicted octanol–water partition coefficient (Wildman–Crippen LogP) is 10.8. The lowest BCUT2D eigenvalue weighted by Gasteiger charge is -2.12. The van der Waals surface area contributed by atoms with Crippen LogP contribution in [0.5, 0.6) is 0 Å². The molecule has 8 rings (SSSR count). The van der Waals surface area contributed by atoms with Crippen LogP contribution in [0.15, 0.2) is 146 Å². The minimum Gasteiger partial charge on any atom is -0.0622 e. The molecular weight excluding hydrogens is 456 g/mol. The maximum absolute atomic E-state index is 2.38. The zero-order valence-corrected chi connectivity index (χ0v) is 20.9. The molecule has 8 aromatic carbocycles. The van der Waals surface area contributed by atoms with Crippen LogP contribution in [0.4, 0.5) is 0 Å². The summed E-state index contributed by atoms with van der Waals surface area (Å²) < 4.78 is 0. The van der Waals surface area contributed by atoms with Gasteiger partial charge in [-0.3, -0.25) is 0 Å². The Labute approximate surface area is 221 Å². The lowest BCUT2D eigenvalue weighted by molar-refractivity contribution is 1.64. The van der Waals surface area contributed by atoms with E-state index in [1.54, 1.807) is 0 Å². The number of hydrogen-bond donors (Lipinski definition) is 0. The van der Waals surface area contributed by atoms with Crippen molar-refractivity contribution in [3.8, 4) is 22.3 Å². The van der Waals surface area contributed by atoms with Crippen LogP contribution in [0.1, 0.15) is 0 Å². The van der Waals surface area contributed by atoms with E-state index in [0.717, 1.165) is 0 Å². The quantitative estimate of drug-likeness (QED) is 0.216. The normalized spacial score (nSPS) is 11.7. The molecule has 0 saturated heterocycles. The molecule has 0 unspecified atom stereocenters. The molecule has 0 saturated carbocycles. The molecule has 0 aromatic heterocycles. The average Bonchev–Trinajstić information content (AvgIpc) is 3.00. The largest absolute Gasteiger partial charge is 0.0622 e. The van der Waals surface area contributed by atoms with Gasteiger partial charge in [0.25, 0.3) is 0 Å². The number of hydrogen-bond acceptors (Lipinski definition) is 0. The molecule has 0 bridgehead atoms. The fraction of sp³-hybridized carbons (Fsp3) is 0. The van der Waals surface area contributed by atoms with Crippen molar-refractivity contribution in [2.45, 2.75) is 0 Å². The SMILES string of the molecule is c1ccc(-c2ccc3ccc(-c4ccc5ccc6ccc7c8ccccc8ccc7c6c5c4)cc3c2)cc1. The van der Waals surface area contributed by atoms with Crippen LogP contribution in [0, 0.1) is 0 Å². The van der Waals surface area contributed by atoms with Gasteiger partial charge in [-0.15, -0.1) is 0 Å². The van der Waals surface area contributed by atoms with E-state index in [0.29, 0.717) is 0 Å². The molecule has 0 amide bonds. The van der Waals surface area contributed by atoms with Gasteiger partial charge in [0.15, 0.2) is 0 Å². The van der Waals surface area contributed by atoms with Gasteiger partial charge in [-0.1, -0.05) is 127 Å². The number of rotatable bonds is 2. The molecule has 0 aliphatic rings. The first-order valence-corrected chi connectivity index (χ1v) is 13.2. The summed E-state index contributed by atoms with van der Waals surface area (Å²) in [4.78, 5) is 0. The maximum atomic E-state index is 2.38. The van der Waals surface area contributed by atoms with Crippen LogP contribution in [-0.2, 0) is 0 Å². The van der Waals surface area contributed by atoms with Gasteiger partial charge < -0.3 is 0 Å². The molecular formula is C38H24. The van der Waals surface area contributed by atoms with Crippen molar-refractivity contribution >= 4 is 53.9 Å². The number of fused-ring (bicyclic) bond motifs is 8. The fourth-order valence-electron chi connectivity index (χ4n) is 6.06. The highest BCUT2D eigenvalue weighted by Crippen LogP contribution is 2.37. The van der Waals surface area contributed by atoms with Gasteiger partial charge in [-0.25, -0.2) is 0 Å². The Balaban J connectivity index is 1.35. The Morgan fingerprint density at radius 1 is 0.237 bits per heavy atom. The molecule has 8 aromatic rings. The van der Waals surface area contributed by atoms with E-state index in [-0.39, 0.29) is 0 Å². The lowest BCUT2D eigenvalue weighted by Crippen LogP contribution is -1.85. The molecule has 0 nitrogen and oxygen atoms in total. The summed E-state index contributed by atoms with van der Waals surface area (Å²) in [7, 11) is 0. The molecule has 0 heterocycles. The van der Waals surface area contributed by atoms with Gasteiger partial charge in [0.1, 0.15) is 0 Å². The second kappa shape index (κ2) is 8.30. The second-order valence-corrected chi connectivity index (χ2v) is 10.2. The monoisotopic (exact) mass is 480 g/mol. The van der Waals surface area contributed by atoms with Crippen molar-refractivity contribution in [3.05, 3.63) is 146 Å². The molecule has 0 fully saturated rings.